The highest BCUT2D eigenvalue weighted by molar-refractivity contribution is 6.06. The van der Waals surface area contributed by atoms with Crippen molar-refractivity contribution < 1.29 is 9.90 Å². The molecule has 0 saturated heterocycles. The van der Waals surface area contributed by atoms with E-state index < -0.39 is 0 Å². The van der Waals surface area contributed by atoms with Crippen molar-refractivity contribution in [3.05, 3.63) is 95.6 Å². The van der Waals surface area contributed by atoms with Crippen LogP contribution in [0.5, 0.6) is 5.75 Å². The first-order valence-corrected chi connectivity index (χ1v) is 11.3. The molecule has 0 unspecified atom stereocenters. The first kappa shape index (κ1) is 29.4. The molecule has 0 aliphatic carbocycles. The third kappa shape index (κ3) is 12.1. The Morgan fingerprint density at radius 2 is 1.64 bits per heavy atom. The predicted octanol–water partition coefficient (Wildman–Crippen LogP) is 7.82. The van der Waals surface area contributed by atoms with E-state index in [1.165, 1.54) is 12.8 Å². The van der Waals surface area contributed by atoms with Crippen LogP contribution in [0.15, 0.2) is 84.5 Å². The van der Waals surface area contributed by atoms with Gasteiger partial charge in [0.15, 0.2) is 0 Å². The quantitative estimate of drug-likeness (QED) is 0.460. The molecule has 0 spiro atoms. The van der Waals surface area contributed by atoms with E-state index >= 15 is 0 Å². The van der Waals surface area contributed by atoms with Crippen LogP contribution in [-0.4, -0.2) is 17.6 Å². The largest absolute Gasteiger partial charge is 0.508 e. The maximum atomic E-state index is 13.1. The zero-order valence-electron chi connectivity index (χ0n) is 20.9. The van der Waals surface area contributed by atoms with E-state index in [9.17, 15) is 9.90 Å². The summed E-state index contributed by atoms with van der Waals surface area (Å²) >= 11 is 0. The Labute approximate surface area is 200 Å². The van der Waals surface area contributed by atoms with Gasteiger partial charge in [-0.25, -0.2) is 0 Å². The maximum absolute atomic E-state index is 13.1. The van der Waals surface area contributed by atoms with Crippen LogP contribution in [0.3, 0.4) is 0 Å². The lowest BCUT2D eigenvalue weighted by Gasteiger charge is -2.23. The second-order valence-electron chi connectivity index (χ2n) is 7.73. The molecule has 4 heteroatoms. The lowest BCUT2D eigenvalue weighted by Crippen LogP contribution is -2.32. The summed E-state index contributed by atoms with van der Waals surface area (Å²) in [5, 5.41) is 18.6. The fraction of sp³-hybridized carbons (Fsp3) is 0.310. The summed E-state index contributed by atoms with van der Waals surface area (Å²) in [4.78, 5) is 14.7. The molecule has 0 saturated carbocycles. The van der Waals surface area contributed by atoms with Crippen LogP contribution in [0, 0.1) is 11.3 Å². The zero-order chi connectivity index (χ0) is 25.2. The van der Waals surface area contributed by atoms with Gasteiger partial charge in [-0.2, -0.15) is 5.26 Å². The van der Waals surface area contributed by atoms with Crippen molar-refractivity contribution in [3.63, 3.8) is 0 Å². The number of carbonyl (C=O) groups is 1. The number of phenolic OH excluding ortho intramolecular Hbond substituents is 1. The van der Waals surface area contributed by atoms with Gasteiger partial charge in [-0.05, 0) is 56.3 Å². The van der Waals surface area contributed by atoms with E-state index in [2.05, 4.69) is 40.3 Å². The van der Waals surface area contributed by atoms with Gasteiger partial charge in [-0.15, -0.1) is 0 Å². The first-order valence-electron chi connectivity index (χ1n) is 11.3. The molecular formula is C29H38N2O2. The second kappa shape index (κ2) is 17.0. The van der Waals surface area contributed by atoms with Crippen molar-refractivity contribution in [1.82, 2.24) is 0 Å². The zero-order valence-corrected chi connectivity index (χ0v) is 20.9. The van der Waals surface area contributed by atoms with Gasteiger partial charge in [0, 0.05) is 17.8 Å². The Balaban J connectivity index is 0.00000154. The summed E-state index contributed by atoms with van der Waals surface area (Å²) in [5.74, 6) is -0.0799. The smallest absolute Gasteiger partial charge is 0.258 e. The van der Waals surface area contributed by atoms with Crippen LogP contribution in [0.2, 0.25) is 0 Å². The highest BCUT2D eigenvalue weighted by Gasteiger charge is 2.18. The van der Waals surface area contributed by atoms with Crippen molar-refractivity contribution in [1.29, 1.82) is 5.26 Å². The lowest BCUT2D eigenvalue weighted by atomic mass is 10.1. The van der Waals surface area contributed by atoms with E-state index in [1.807, 2.05) is 32.1 Å². The fourth-order valence-corrected chi connectivity index (χ4v) is 2.47. The molecule has 1 N–H and O–H groups in total. The number of nitrogens with zero attached hydrogens (tertiary/aromatic N) is 2. The van der Waals surface area contributed by atoms with Gasteiger partial charge in [-0.3, -0.25) is 4.79 Å². The molecule has 0 aromatic heterocycles. The SMILES string of the molecule is C=C(C)/C=C\C=C(/C)CN(C(=O)c1cccc(C#N)c1)c1ccc(O)cc1.CCC.CCC. The van der Waals surface area contributed by atoms with Gasteiger partial charge in [0.05, 0.1) is 11.6 Å². The van der Waals surface area contributed by atoms with E-state index in [-0.39, 0.29) is 11.7 Å². The monoisotopic (exact) mass is 446 g/mol. The standard InChI is InChI=1S/C23H22N2O2.2C3H8/c1-17(2)6-4-7-18(3)16-25(21-10-12-22(26)13-11-21)23(27)20-9-5-8-19(14-20)15-24;2*1-3-2/h4-14,26H,1,16H2,2-3H3;2*3H2,1-2H3/b6-4-,18-7+;;. The summed E-state index contributed by atoms with van der Waals surface area (Å²) in [7, 11) is 0. The predicted molar refractivity (Wildman–Crippen MR) is 141 cm³/mol. The molecule has 0 bridgehead atoms. The minimum Gasteiger partial charge on any atom is -0.508 e. The lowest BCUT2D eigenvalue weighted by molar-refractivity contribution is 0.0989. The van der Waals surface area contributed by atoms with E-state index in [0.29, 0.717) is 23.4 Å². The number of phenols is 1. The highest BCUT2D eigenvalue weighted by atomic mass is 16.3. The third-order valence-corrected chi connectivity index (χ3v) is 3.81. The molecule has 0 aliphatic rings. The summed E-state index contributed by atoms with van der Waals surface area (Å²) in [5.41, 5.74) is 3.46. The fourth-order valence-electron chi connectivity index (χ4n) is 2.47. The minimum absolute atomic E-state index is 0.134. The van der Waals surface area contributed by atoms with E-state index in [4.69, 9.17) is 5.26 Å². The molecule has 1 amide bonds. The van der Waals surface area contributed by atoms with Crippen LogP contribution in [0.1, 0.15) is 70.3 Å². The molecule has 2 aromatic carbocycles. The Kier molecular flexibility index (Phi) is 15.2. The van der Waals surface area contributed by atoms with Gasteiger partial charge in [-0.1, -0.05) is 82.6 Å². The number of allylic oxidation sites excluding steroid dienone is 4. The molecule has 4 nitrogen and oxygen atoms in total. The van der Waals surface area contributed by atoms with Crippen molar-refractivity contribution in [2.75, 3.05) is 11.4 Å². The number of rotatable bonds is 6. The number of hydrogen-bond donors (Lipinski definition) is 1. The number of anilines is 1. The topological polar surface area (TPSA) is 64.3 Å². The molecule has 0 atom stereocenters. The van der Waals surface area contributed by atoms with Gasteiger partial charge in [0.2, 0.25) is 0 Å². The normalized spacial score (nSPS) is 10.3. The van der Waals surface area contributed by atoms with Gasteiger partial charge in [0.1, 0.15) is 5.75 Å². The highest BCUT2D eigenvalue weighted by Crippen LogP contribution is 2.22. The van der Waals surface area contributed by atoms with E-state index in [1.54, 1.807) is 53.4 Å². The number of carbonyl (C=O) groups excluding carboxylic acids is 1. The Morgan fingerprint density at radius 3 is 2.15 bits per heavy atom. The summed E-state index contributed by atoms with van der Waals surface area (Å²) in [6, 6.07) is 15.2. The molecular weight excluding hydrogens is 408 g/mol. The average molecular weight is 447 g/mol. The van der Waals surface area contributed by atoms with E-state index in [0.717, 1.165) is 11.1 Å². The second-order valence-corrected chi connectivity index (χ2v) is 7.73. The first-order chi connectivity index (χ1) is 15.7. The Bertz CT molecular complexity index is 962. The number of benzene rings is 2. The molecule has 176 valence electrons. The van der Waals surface area contributed by atoms with Gasteiger partial charge in [0.25, 0.3) is 5.91 Å². The van der Waals surface area contributed by atoms with Crippen molar-refractivity contribution in [2.45, 2.75) is 54.4 Å². The van der Waals surface area contributed by atoms with Crippen LogP contribution in [-0.2, 0) is 0 Å². The molecule has 33 heavy (non-hydrogen) atoms. The van der Waals surface area contributed by atoms with Crippen molar-refractivity contribution in [2.24, 2.45) is 0 Å². The number of aromatic hydroxyl groups is 1. The van der Waals surface area contributed by atoms with Crippen LogP contribution < -0.4 is 4.90 Å². The number of amides is 1. The van der Waals surface area contributed by atoms with Gasteiger partial charge < -0.3 is 10.0 Å². The van der Waals surface area contributed by atoms with Crippen LogP contribution in [0.25, 0.3) is 0 Å². The summed E-state index contributed by atoms with van der Waals surface area (Å²) in [6.45, 7) is 16.5. The van der Waals surface area contributed by atoms with Gasteiger partial charge >= 0.3 is 0 Å². The van der Waals surface area contributed by atoms with Crippen LogP contribution >= 0.6 is 0 Å². The Hall–Kier alpha value is -3.58. The molecule has 0 heterocycles. The molecule has 0 aliphatic heterocycles. The minimum atomic E-state index is -0.213. The van der Waals surface area contributed by atoms with Crippen LogP contribution in [0.4, 0.5) is 5.69 Å². The molecule has 2 rings (SSSR count). The average Bonchev–Trinajstić information content (AvgIpc) is 2.78. The number of nitriles is 1. The Morgan fingerprint density at radius 1 is 1.06 bits per heavy atom. The maximum Gasteiger partial charge on any atom is 0.258 e. The summed E-state index contributed by atoms with van der Waals surface area (Å²) < 4.78 is 0. The third-order valence-electron chi connectivity index (χ3n) is 3.81. The molecule has 0 radical (unpaired) electrons. The van der Waals surface area contributed by atoms with Crippen molar-refractivity contribution >= 4 is 11.6 Å². The number of hydrogen-bond acceptors (Lipinski definition) is 3. The van der Waals surface area contributed by atoms with Crippen molar-refractivity contribution in [3.8, 4) is 11.8 Å². The molecule has 2 aromatic rings. The summed E-state index contributed by atoms with van der Waals surface area (Å²) in [6.07, 6.45) is 8.22. The molecule has 0 fully saturated rings.